The van der Waals surface area contributed by atoms with E-state index >= 15 is 0 Å². The Balaban J connectivity index is 1.62. The third-order valence-electron chi connectivity index (χ3n) is 6.63. The first-order valence-corrected chi connectivity index (χ1v) is 13.3. The van der Waals surface area contributed by atoms with Crippen molar-refractivity contribution in [3.8, 4) is 0 Å². The van der Waals surface area contributed by atoms with Gasteiger partial charge in [0.25, 0.3) is 0 Å². The van der Waals surface area contributed by atoms with E-state index in [2.05, 4.69) is 4.90 Å². The molecule has 1 aromatic rings. The van der Waals surface area contributed by atoms with Crippen LogP contribution < -0.4 is 0 Å². The molecule has 0 unspecified atom stereocenters. The standard InChI is InChI=1S/C21H29Cl2N3O5S/c22-16-4-3-15(11-17(16)23)12-20(28)25-7-8-26(32(29,30)10-9-27)19-14-31-13-18(21(19)25)24-5-1-2-6-24/h3-4,11,18-19,21,27H,1-2,5-10,12-14H2/t18-,19+,21+/m0/s1. The lowest BCUT2D eigenvalue weighted by Gasteiger charge is -2.53. The molecule has 3 aliphatic rings. The van der Waals surface area contributed by atoms with Gasteiger partial charge < -0.3 is 14.7 Å². The number of amides is 1. The van der Waals surface area contributed by atoms with Crippen LogP contribution in [0.25, 0.3) is 0 Å². The Bertz CT molecular complexity index is 941. The van der Waals surface area contributed by atoms with Crippen molar-refractivity contribution >= 4 is 39.1 Å². The maximum absolute atomic E-state index is 13.4. The summed E-state index contributed by atoms with van der Waals surface area (Å²) in [6.45, 7) is 2.57. The van der Waals surface area contributed by atoms with Crippen LogP contribution in [0.15, 0.2) is 18.2 Å². The lowest BCUT2D eigenvalue weighted by Crippen LogP contribution is -2.72. The first-order chi connectivity index (χ1) is 15.3. The molecule has 0 bridgehead atoms. The fourth-order valence-corrected chi connectivity index (χ4v) is 6.89. The van der Waals surface area contributed by atoms with Gasteiger partial charge in [-0.25, -0.2) is 8.42 Å². The third-order valence-corrected chi connectivity index (χ3v) is 9.24. The van der Waals surface area contributed by atoms with Crippen molar-refractivity contribution < 1.29 is 23.1 Å². The highest BCUT2D eigenvalue weighted by molar-refractivity contribution is 7.89. The van der Waals surface area contributed by atoms with E-state index in [1.807, 2.05) is 4.90 Å². The lowest BCUT2D eigenvalue weighted by atomic mass is 9.92. The lowest BCUT2D eigenvalue weighted by molar-refractivity contribution is -0.147. The summed E-state index contributed by atoms with van der Waals surface area (Å²) in [5.74, 6) is -0.398. The van der Waals surface area contributed by atoms with E-state index in [1.54, 1.807) is 18.2 Å². The Morgan fingerprint density at radius 3 is 2.47 bits per heavy atom. The first-order valence-electron chi connectivity index (χ1n) is 11.0. The van der Waals surface area contributed by atoms with E-state index in [0.717, 1.165) is 31.5 Å². The molecule has 1 aromatic carbocycles. The van der Waals surface area contributed by atoms with Gasteiger partial charge in [0.05, 0.1) is 60.2 Å². The average molecular weight is 506 g/mol. The van der Waals surface area contributed by atoms with Crippen molar-refractivity contribution in [2.45, 2.75) is 37.4 Å². The fraction of sp³-hybridized carbons (Fsp3) is 0.667. The molecule has 3 saturated heterocycles. The van der Waals surface area contributed by atoms with Gasteiger partial charge >= 0.3 is 0 Å². The van der Waals surface area contributed by atoms with E-state index in [0.29, 0.717) is 23.2 Å². The van der Waals surface area contributed by atoms with Gasteiger partial charge in [-0.2, -0.15) is 4.31 Å². The molecule has 0 aromatic heterocycles. The number of halogens is 2. The van der Waals surface area contributed by atoms with Gasteiger partial charge in [0.15, 0.2) is 0 Å². The van der Waals surface area contributed by atoms with Gasteiger partial charge in [-0.1, -0.05) is 29.3 Å². The molecular weight excluding hydrogens is 477 g/mol. The van der Waals surface area contributed by atoms with Crippen LogP contribution in [0.2, 0.25) is 10.0 Å². The number of rotatable bonds is 6. The van der Waals surface area contributed by atoms with Gasteiger partial charge in [0, 0.05) is 13.1 Å². The minimum absolute atomic E-state index is 0.0660. The predicted molar refractivity (Wildman–Crippen MR) is 122 cm³/mol. The number of benzene rings is 1. The molecule has 0 aliphatic carbocycles. The van der Waals surface area contributed by atoms with Gasteiger partial charge in [-0.15, -0.1) is 0 Å². The zero-order valence-electron chi connectivity index (χ0n) is 17.8. The smallest absolute Gasteiger partial charge is 0.227 e. The number of hydrogen-bond donors (Lipinski definition) is 1. The van der Waals surface area contributed by atoms with Crippen molar-refractivity contribution in [1.29, 1.82) is 0 Å². The Hall–Kier alpha value is -0.940. The van der Waals surface area contributed by atoms with Crippen molar-refractivity contribution in [1.82, 2.24) is 14.1 Å². The van der Waals surface area contributed by atoms with Crippen molar-refractivity contribution in [3.05, 3.63) is 33.8 Å². The highest BCUT2D eigenvalue weighted by atomic mass is 35.5. The number of aliphatic hydroxyl groups excluding tert-OH is 1. The number of ether oxygens (including phenoxy) is 1. The summed E-state index contributed by atoms with van der Waals surface area (Å²) in [5, 5.41) is 10.1. The van der Waals surface area contributed by atoms with E-state index < -0.39 is 22.7 Å². The van der Waals surface area contributed by atoms with Crippen LogP contribution in [0.3, 0.4) is 0 Å². The number of hydrogen-bond acceptors (Lipinski definition) is 6. The summed E-state index contributed by atoms with van der Waals surface area (Å²) in [6, 6.07) is 4.31. The Morgan fingerprint density at radius 2 is 1.78 bits per heavy atom. The van der Waals surface area contributed by atoms with E-state index in [1.165, 1.54) is 4.31 Å². The van der Waals surface area contributed by atoms with Crippen LogP contribution in [-0.2, 0) is 26.0 Å². The molecule has 8 nitrogen and oxygen atoms in total. The molecule has 1 amide bonds. The molecule has 4 rings (SSSR count). The summed E-state index contributed by atoms with van der Waals surface area (Å²) < 4.78 is 33.0. The summed E-state index contributed by atoms with van der Waals surface area (Å²) in [7, 11) is -3.65. The molecule has 0 radical (unpaired) electrons. The predicted octanol–water partition coefficient (Wildman–Crippen LogP) is 1.23. The van der Waals surface area contributed by atoms with E-state index in [-0.39, 0.29) is 43.3 Å². The normalized spacial score (nSPS) is 27.5. The number of sulfonamides is 1. The fourth-order valence-electron chi connectivity index (χ4n) is 5.14. The van der Waals surface area contributed by atoms with Gasteiger partial charge in [-0.05, 0) is 43.6 Å². The van der Waals surface area contributed by atoms with Crippen LogP contribution in [0, 0.1) is 0 Å². The third kappa shape index (κ3) is 4.94. The van der Waals surface area contributed by atoms with Gasteiger partial charge in [0.1, 0.15) is 0 Å². The molecule has 0 spiro atoms. The first kappa shape index (κ1) is 24.2. The summed E-state index contributed by atoms with van der Waals surface area (Å²) in [5.41, 5.74) is 0.765. The van der Waals surface area contributed by atoms with Crippen LogP contribution in [0.4, 0.5) is 0 Å². The molecule has 178 valence electrons. The maximum atomic E-state index is 13.4. The van der Waals surface area contributed by atoms with Crippen LogP contribution in [0.5, 0.6) is 0 Å². The monoisotopic (exact) mass is 505 g/mol. The molecule has 3 fully saturated rings. The SMILES string of the molecule is O=C(Cc1ccc(Cl)c(Cl)c1)N1CCN(S(=O)(=O)CCO)[C@@H]2COC[C@H](N3CCCC3)[C@H]21. The molecular formula is C21H29Cl2N3O5S. The molecule has 3 atom stereocenters. The molecule has 11 heteroatoms. The second-order valence-electron chi connectivity index (χ2n) is 8.57. The zero-order chi connectivity index (χ0) is 22.9. The average Bonchev–Trinajstić information content (AvgIpc) is 3.29. The molecule has 3 aliphatic heterocycles. The second-order valence-corrected chi connectivity index (χ2v) is 11.4. The summed E-state index contributed by atoms with van der Waals surface area (Å²) >= 11 is 12.1. The van der Waals surface area contributed by atoms with Gasteiger partial charge in [0.2, 0.25) is 15.9 Å². The molecule has 3 heterocycles. The van der Waals surface area contributed by atoms with Crippen molar-refractivity contribution in [3.63, 3.8) is 0 Å². The summed E-state index contributed by atoms with van der Waals surface area (Å²) in [4.78, 5) is 17.6. The van der Waals surface area contributed by atoms with Gasteiger partial charge in [-0.3, -0.25) is 9.69 Å². The largest absolute Gasteiger partial charge is 0.395 e. The van der Waals surface area contributed by atoms with Crippen molar-refractivity contribution in [2.24, 2.45) is 0 Å². The number of nitrogens with zero attached hydrogens (tertiary/aromatic N) is 3. The number of likely N-dealkylation sites (tertiary alicyclic amines) is 1. The highest BCUT2D eigenvalue weighted by Crippen LogP contribution is 2.32. The number of carbonyl (C=O) groups is 1. The number of carbonyl (C=O) groups excluding carboxylic acids is 1. The van der Waals surface area contributed by atoms with Crippen LogP contribution in [0.1, 0.15) is 18.4 Å². The number of piperazine rings is 1. The minimum atomic E-state index is -3.65. The van der Waals surface area contributed by atoms with E-state index in [4.69, 9.17) is 27.9 Å². The van der Waals surface area contributed by atoms with E-state index in [9.17, 15) is 18.3 Å². The number of fused-ring (bicyclic) bond motifs is 1. The topological polar surface area (TPSA) is 90.4 Å². The quantitative estimate of drug-likeness (QED) is 0.625. The zero-order valence-corrected chi connectivity index (χ0v) is 20.2. The highest BCUT2D eigenvalue weighted by Gasteiger charge is 2.50. The molecule has 1 N–H and O–H groups in total. The summed E-state index contributed by atoms with van der Waals surface area (Å²) in [6.07, 6.45) is 2.33. The minimum Gasteiger partial charge on any atom is -0.395 e. The second kappa shape index (κ2) is 10.1. The Morgan fingerprint density at radius 1 is 1.06 bits per heavy atom. The Labute approximate surface area is 199 Å². The Kier molecular flexibility index (Phi) is 7.66. The van der Waals surface area contributed by atoms with Crippen LogP contribution >= 0.6 is 23.2 Å². The van der Waals surface area contributed by atoms with Crippen molar-refractivity contribution in [2.75, 3.05) is 51.8 Å². The van der Waals surface area contributed by atoms with Crippen LogP contribution in [-0.4, -0.2) is 103 Å². The maximum Gasteiger partial charge on any atom is 0.227 e. The molecule has 0 saturated carbocycles. The molecule has 32 heavy (non-hydrogen) atoms. The number of aliphatic hydroxyl groups is 1.